The molecule has 4 nitrogen and oxygen atoms in total. The van der Waals surface area contributed by atoms with Crippen LogP contribution in [0.15, 0.2) is 40.9 Å². The first-order chi connectivity index (χ1) is 10.0. The first kappa shape index (κ1) is 15.4. The van der Waals surface area contributed by atoms with E-state index < -0.39 is 0 Å². The lowest BCUT2D eigenvalue weighted by Crippen LogP contribution is -2.06. The SMILES string of the molecule is CCOC(=O)c1ccc(Nc2cccc(C)c2Br)c(N)c1. The molecule has 21 heavy (non-hydrogen) atoms. The maximum atomic E-state index is 11.7. The van der Waals surface area contributed by atoms with Gasteiger partial charge >= 0.3 is 5.97 Å². The van der Waals surface area contributed by atoms with Gasteiger partial charge in [-0.15, -0.1) is 0 Å². The molecule has 3 N–H and O–H groups in total. The van der Waals surface area contributed by atoms with E-state index in [9.17, 15) is 4.79 Å². The lowest BCUT2D eigenvalue weighted by Gasteiger charge is -2.13. The molecule has 0 atom stereocenters. The van der Waals surface area contributed by atoms with Crippen molar-refractivity contribution in [2.24, 2.45) is 0 Å². The van der Waals surface area contributed by atoms with Crippen LogP contribution in [0.2, 0.25) is 0 Å². The number of nitrogens with two attached hydrogens (primary N) is 1. The Labute approximate surface area is 132 Å². The molecule has 0 aliphatic carbocycles. The predicted octanol–water partition coefficient (Wildman–Crippen LogP) is 4.26. The highest BCUT2D eigenvalue weighted by Gasteiger charge is 2.10. The Morgan fingerprint density at radius 1 is 1.29 bits per heavy atom. The summed E-state index contributed by atoms with van der Waals surface area (Å²) >= 11 is 3.54. The molecular weight excluding hydrogens is 332 g/mol. The summed E-state index contributed by atoms with van der Waals surface area (Å²) in [6.45, 7) is 4.13. The van der Waals surface area contributed by atoms with Crippen LogP contribution >= 0.6 is 15.9 Å². The Balaban J connectivity index is 2.25. The topological polar surface area (TPSA) is 64.3 Å². The predicted molar refractivity (Wildman–Crippen MR) is 89.0 cm³/mol. The number of ether oxygens (including phenoxy) is 1. The van der Waals surface area contributed by atoms with Crippen molar-refractivity contribution < 1.29 is 9.53 Å². The van der Waals surface area contributed by atoms with Crippen LogP contribution < -0.4 is 11.1 Å². The highest BCUT2D eigenvalue weighted by atomic mass is 79.9. The third kappa shape index (κ3) is 3.55. The van der Waals surface area contributed by atoms with Crippen LogP contribution in [0.1, 0.15) is 22.8 Å². The molecule has 0 saturated heterocycles. The van der Waals surface area contributed by atoms with E-state index in [1.807, 2.05) is 25.1 Å². The van der Waals surface area contributed by atoms with Crippen LogP contribution in [-0.4, -0.2) is 12.6 Å². The second-order valence-electron chi connectivity index (χ2n) is 4.58. The number of carbonyl (C=O) groups excluding carboxylic acids is 1. The minimum absolute atomic E-state index is 0.342. The van der Waals surface area contributed by atoms with Crippen molar-refractivity contribution in [2.75, 3.05) is 17.7 Å². The first-order valence-corrected chi connectivity index (χ1v) is 7.41. The van der Waals surface area contributed by atoms with Gasteiger partial charge in [0.25, 0.3) is 0 Å². The number of hydrogen-bond donors (Lipinski definition) is 2. The molecule has 0 bridgehead atoms. The molecule has 2 aromatic carbocycles. The van der Waals surface area contributed by atoms with Gasteiger partial charge in [0.2, 0.25) is 0 Å². The smallest absolute Gasteiger partial charge is 0.338 e. The summed E-state index contributed by atoms with van der Waals surface area (Å²) in [5.41, 5.74) is 9.74. The number of benzene rings is 2. The summed E-state index contributed by atoms with van der Waals surface area (Å²) in [5.74, 6) is -0.368. The molecule has 0 aliphatic heterocycles. The molecule has 0 unspecified atom stereocenters. The highest BCUT2D eigenvalue weighted by Crippen LogP contribution is 2.31. The number of hydrogen-bond acceptors (Lipinski definition) is 4. The Morgan fingerprint density at radius 3 is 2.71 bits per heavy atom. The number of nitrogen functional groups attached to an aromatic ring is 1. The van der Waals surface area contributed by atoms with Crippen molar-refractivity contribution in [1.29, 1.82) is 0 Å². The maximum Gasteiger partial charge on any atom is 0.338 e. The van der Waals surface area contributed by atoms with Gasteiger partial charge in [0.15, 0.2) is 0 Å². The summed E-state index contributed by atoms with van der Waals surface area (Å²) in [6.07, 6.45) is 0. The Kier molecular flexibility index (Phi) is 4.85. The number of nitrogens with one attached hydrogen (secondary N) is 1. The fourth-order valence-electron chi connectivity index (χ4n) is 1.91. The zero-order chi connectivity index (χ0) is 15.4. The van der Waals surface area contributed by atoms with Crippen molar-refractivity contribution in [3.63, 3.8) is 0 Å². The third-order valence-corrected chi connectivity index (χ3v) is 4.08. The monoisotopic (exact) mass is 348 g/mol. The Morgan fingerprint density at radius 2 is 2.05 bits per heavy atom. The van der Waals surface area contributed by atoms with Crippen molar-refractivity contribution in [2.45, 2.75) is 13.8 Å². The Hall–Kier alpha value is -2.01. The molecule has 0 amide bonds. The minimum Gasteiger partial charge on any atom is -0.462 e. The van der Waals surface area contributed by atoms with E-state index in [1.165, 1.54) is 0 Å². The summed E-state index contributed by atoms with van der Waals surface area (Å²) in [7, 11) is 0. The molecule has 0 heterocycles. The van der Waals surface area contributed by atoms with Gasteiger partial charge in [-0.25, -0.2) is 4.79 Å². The molecule has 0 aliphatic rings. The van der Waals surface area contributed by atoms with E-state index in [4.69, 9.17) is 10.5 Å². The summed E-state index contributed by atoms with van der Waals surface area (Å²) in [6, 6.07) is 11.0. The normalized spacial score (nSPS) is 10.2. The van der Waals surface area contributed by atoms with Crippen LogP contribution in [0.25, 0.3) is 0 Å². The third-order valence-electron chi connectivity index (χ3n) is 3.02. The highest BCUT2D eigenvalue weighted by molar-refractivity contribution is 9.10. The van der Waals surface area contributed by atoms with E-state index in [-0.39, 0.29) is 5.97 Å². The molecule has 2 rings (SSSR count). The largest absolute Gasteiger partial charge is 0.462 e. The van der Waals surface area contributed by atoms with E-state index in [1.54, 1.807) is 25.1 Å². The Bertz CT molecular complexity index is 671. The summed E-state index contributed by atoms with van der Waals surface area (Å²) in [5, 5.41) is 3.26. The van der Waals surface area contributed by atoms with Gasteiger partial charge in [0.05, 0.1) is 29.2 Å². The molecule has 0 saturated carbocycles. The van der Waals surface area contributed by atoms with E-state index >= 15 is 0 Å². The van der Waals surface area contributed by atoms with Gasteiger partial charge in [-0.1, -0.05) is 12.1 Å². The molecule has 0 spiro atoms. The molecule has 5 heteroatoms. The number of rotatable bonds is 4. The summed E-state index contributed by atoms with van der Waals surface area (Å²) < 4.78 is 5.94. The van der Waals surface area contributed by atoms with Gasteiger partial charge in [-0.3, -0.25) is 0 Å². The van der Waals surface area contributed by atoms with Gasteiger partial charge < -0.3 is 15.8 Å². The second kappa shape index (κ2) is 6.63. The average molecular weight is 349 g/mol. The fraction of sp³-hybridized carbons (Fsp3) is 0.188. The number of halogens is 1. The van der Waals surface area contributed by atoms with Crippen LogP contribution in [0.3, 0.4) is 0 Å². The van der Waals surface area contributed by atoms with E-state index in [0.717, 1.165) is 21.4 Å². The lowest BCUT2D eigenvalue weighted by atomic mass is 10.1. The van der Waals surface area contributed by atoms with E-state index in [0.29, 0.717) is 17.9 Å². The molecular formula is C16H17BrN2O2. The molecule has 0 fully saturated rings. The number of carbonyl (C=O) groups is 1. The average Bonchev–Trinajstić information content (AvgIpc) is 2.46. The second-order valence-corrected chi connectivity index (χ2v) is 5.38. The lowest BCUT2D eigenvalue weighted by molar-refractivity contribution is 0.0526. The van der Waals surface area contributed by atoms with Crippen molar-refractivity contribution >= 4 is 39.0 Å². The minimum atomic E-state index is -0.368. The van der Waals surface area contributed by atoms with Gasteiger partial charge in [-0.2, -0.15) is 0 Å². The zero-order valence-corrected chi connectivity index (χ0v) is 13.5. The standard InChI is InChI=1S/C16H17BrN2O2/c1-3-21-16(20)11-7-8-13(12(18)9-11)19-14-6-4-5-10(2)15(14)17/h4-9,19H,3,18H2,1-2H3. The molecule has 0 radical (unpaired) electrons. The number of aryl methyl sites for hydroxylation is 1. The zero-order valence-electron chi connectivity index (χ0n) is 11.9. The quantitative estimate of drug-likeness (QED) is 0.639. The van der Waals surface area contributed by atoms with Crippen molar-refractivity contribution in [3.05, 3.63) is 52.0 Å². The first-order valence-electron chi connectivity index (χ1n) is 6.61. The maximum absolute atomic E-state index is 11.7. The van der Waals surface area contributed by atoms with Crippen LogP contribution in [0, 0.1) is 6.92 Å². The fourth-order valence-corrected chi connectivity index (χ4v) is 2.27. The van der Waals surface area contributed by atoms with Gasteiger partial charge in [0.1, 0.15) is 0 Å². The number of esters is 1. The van der Waals surface area contributed by atoms with E-state index in [2.05, 4.69) is 21.2 Å². The summed E-state index contributed by atoms with van der Waals surface area (Å²) in [4.78, 5) is 11.7. The van der Waals surface area contributed by atoms with Crippen LogP contribution in [0.5, 0.6) is 0 Å². The van der Waals surface area contributed by atoms with Gasteiger partial charge in [0, 0.05) is 4.47 Å². The van der Waals surface area contributed by atoms with Crippen molar-refractivity contribution in [1.82, 2.24) is 0 Å². The molecule has 2 aromatic rings. The van der Waals surface area contributed by atoms with Gasteiger partial charge in [-0.05, 0) is 59.6 Å². The number of anilines is 3. The molecule has 110 valence electrons. The van der Waals surface area contributed by atoms with Crippen LogP contribution in [-0.2, 0) is 4.74 Å². The van der Waals surface area contributed by atoms with Crippen molar-refractivity contribution in [3.8, 4) is 0 Å². The molecule has 0 aromatic heterocycles. The van der Waals surface area contributed by atoms with Crippen LogP contribution in [0.4, 0.5) is 17.1 Å².